The van der Waals surface area contributed by atoms with E-state index in [1.807, 2.05) is 0 Å². The molecule has 76 valence electrons. The zero-order valence-electron chi connectivity index (χ0n) is 8.58. The highest BCUT2D eigenvalue weighted by Crippen LogP contribution is 2.09. The number of rotatable bonds is 5. The van der Waals surface area contributed by atoms with E-state index in [0.29, 0.717) is 12.5 Å². The van der Waals surface area contributed by atoms with Crippen molar-refractivity contribution in [2.45, 2.75) is 33.3 Å². The molecule has 0 aromatic carbocycles. The highest BCUT2D eigenvalue weighted by molar-refractivity contribution is 5.60. The minimum atomic E-state index is -0.618. The van der Waals surface area contributed by atoms with Crippen molar-refractivity contribution in [3.05, 3.63) is 12.7 Å². The molecule has 0 spiro atoms. The normalized spacial score (nSPS) is 12.3. The van der Waals surface area contributed by atoms with Gasteiger partial charge in [-0.05, 0) is 19.3 Å². The van der Waals surface area contributed by atoms with Crippen LogP contribution in [0.5, 0.6) is 0 Å². The Bertz CT molecular complexity index is 164. The largest absolute Gasteiger partial charge is 0.508 e. The molecule has 0 heterocycles. The Morgan fingerprint density at radius 1 is 1.54 bits per heavy atom. The van der Waals surface area contributed by atoms with Gasteiger partial charge >= 0.3 is 6.16 Å². The summed E-state index contributed by atoms with van der Waals surface area (Å²) in [6.07, 6.45) is 1.55. The minimum absolute atomic E-state index is 0.237. The Morgan fingerprint density at radius 3 is 2.54 bits per heavy atom. The maximum Gasteiger partial charge on any atom is 0.508 e. The van der Waals surface area contributed by atoms with E-state index in [9.17, 15) is 4.79 Å². The highest BCUT2D eigenvalue weighted by atomic mass is 16.7. The SMILES string of the molecule is C=CC(CC(C)C)OC(=O)OCC. The van der Waals surface area contributed by atoms with Gasteiger partial charge in [-0.15, -0.1) is 0 Å². The van der Waals surface area contributed by atoms with E-state index in [4.69, 9.17) is 4.74 Å². The first-order valence-electron chi connectivity index (χ1n) is 4.56. The monoisotopic (exact) mass is 186 g/mol. The molecule has 0 bridgehead atoms. The van der Waals surface area contributed by atoms with Crippen LogP contribution in [0.15, 0.2) is 12.7 Å². The molecule has 1 atom stereocenters. The van der Waals surface area contributed by atoms with E-state index in [0.717, 1.165) is 6.42 Å². The fourth-order valence-electron chi connectivity index (χ4n) is 0.933. The molecule has 0 aliphatic carbocycles. The van der Waals surface area contributed by atoms with Gasteiger partial charge in [0.2, 0.25) is 0 Å². The minimum Gasteiger partial charge on any atom is -0.435 e. The van der Waals surface area contributed by atoms with Crippen molar-refractivity contribution in [1.82, 2.24) is 0 Å². The average molecular weight is 186 g/mol. The molecule has 0 N–H and O–H groups in total. The van der Waals surface area contributed by atoms with Gasteiger partial charge in [-0.25, -0.2) is 4.79 Å². The Hall–Kier alpha value is -0.990. The zero-order valence-corrected chi connectivity index (χ0v) is 8.58. The smallest absolute Gasteiger partial charge is 0.435 e. The molecule has 0 saturated carbocycles. The van der Waals surface area contributed by atoms with E-state index in [2.05, 4.69) is 25.2 Å². The quantitative estimate of drug-likeness (QED) is 0.489. The lowest BCUT2D eigenvalue weighted by atomic mass is 10.1. The van der Waals surface area contributed by atoms with E-state index in [1.165, 1.54) is 0 Å². The van der Waals surface area contributed by atoms with Crippen molar-refractivity contribution >= 4 is 6.16 Å². The van der Waals surface area contributed by atoms with Gasteiger partial charge in [0.25, 0.3) is 0 Å². The van der Waals surface area contributed by atoms with Crippen LogP contribution in [0.3, 0.4) is 0 Å². The lowest BCUT2D eigenvalue weighted by Gasteiger charge is -2.15. The Labute approximate surface area is 79.7 Å². The van der Waals surface area contributed by atoms with Gasteiger partial charge in [-0.1, -0.05) is 26.5 Å². The maximum absolute atomic E-state index is 10.9. The third kappa shape index (κ3) is 6.20. The second kappa shape index (κ2) is 6.52. The van der Waals surface area contributed by atoms with E-state index < -0.39 is 6.16 Å². The molecular formula is C10H18O3. The van der Waals surface area contributed by atoms with Crippen LogP contribution in [-0.2, 0) is 9.47 Å². The third-order valence-electron chi connectivity index (χ3n) is 1.48. The summed E-state index contributed by atoms with van der Waals surface area (Å²) >= 11 is 0. The van der Waals surface area contributed by atoms with E-state index >= 15 is 0 Å². The third-order valence-corrected chi connectivity index (χ3v) is 1.48. The molecule has 0 aromatic rings. The molecule has 3 heteroatoms. The van der Waals surface area contributed by atoms with Gasteiger partial charge in [0, 0.05) is 0 Å². The van der Waals surface area contributed by atoms with Crippen LogP contribution in [0.4, 0.5) is 4.79 Å². The van der Waals surface area contributed by atoms with Crippen LogP contribution in [-0.4, -0.2) is 18.9 Å². The fourth-order valence-corrected chi connectivity index (χ4v) is 0.933. The standard InChI is InChI=1S/C10H18O3/c1-5-9(7-8(3)4)13-10(11)12-6-2/h5,8-9H,1,6-7H2,2-4H3. The number of carbonyl (C=O) groups is 1. The fraction of sp³-hybridized carbons (Fsp3) is 0.700. The average Bonchev–Trinajstić information content (AvgIpc) is 2.02. The summed E-state index contributed by atoms with van der Waals surface area (Å²) < 4.78 is 9.62. The highest BCUT2D eigenvalue weighted by Gasteiger charge is 2.12. The summed E-state index contributed by atoms with van der Waals surface area (Å²) in [6, 6.07) is 0. The van der Waals surface area contributed by atoms with E-state index in [-0.39, 0.29) is 6.10 Å². The molecule has 0 aromatic heterocycles. The van der Waals surface area contributed by atoms with Gasteiger partial charge in [0.05, 0.1) is 6.61 Å². The summed E-state index contributed by atoms with van der Waals surface area (Å²) in [5.74, 6) is 0.470. The van der Waals surface area contributed by atoms with Crippen molar-refractivity contribution in [3.63, 3.8) is 0 Å². The number of hydrogen-bond acceptors (Lipinski definition) is 3. The van der Waals surface area contributed by atoms with Crippen molar-refractivity contribution < 1.29 is 14.3 Å². The molecule has 13 heavy (non-hydrogen) atoms. The predicted octanol–water partition coefficient (Wildman–Crippen LogP) is 2.76. The van der Waals surface area contributed by atoms with Gasteiger partial charge < -0.3 is 9.47 Å². The molecule has 0 aliphatic rings. The molecule has 0 rings (SSSR count). The predicted molar refractivity (Wildman–Crippen MR) is 51.5 cm³/mol. The Morgan fingerprint density at radius 2 is 2.15 bits per heavy atom. The van der Waals surface area contributed by atoms with Gasteiger partial charge in [0.1, 0.15) is 6.10 Å². The van der Waals surface area contributed by atoms with Crippen LogP contribution in [0.1, 0.15) is 27.2 Å². The Kier molecular flexibility index (Phi) is 6.02. The maximum atomic E-state index is 10.9. The molecule has 0 aliphatic heterocycles. The molecule has 0 amide bonds. The van der Waals surface area contributed by atoms with Crippen LogP contribution in [0.2, 0.25) is 0 Å². The number of carbonyl (C=O) groups excluding carboxylic acids is 1. The van der Waals surface area contributed by atoms with Crippen LogP contribution in [0, 0.1) is 5.92 Å². The van der Waals surface area contributed by atoms with Crippen molar-refractivity contribution in [1.29, 1.82) is 0 Å². The van der Waals surface area contributed by atoms with Crippen molar-refractivity contribution in [2.24, 2.45) is 5.92 Å². The lowest BCUT2D eigenvalue weighted by molar-refractivity contribution is 0.0351. The number of ether oxygens (including phenoxy) is 2. The van der Waals surface area contributed by atoms with E-state index in [1.54, 1.807) is 13.0 Å². The van der Waals surface area contributed by atoms with Gasteiger partial charge in [0.15, 0.2) is 0 Å². The topological polar surface area (TPSA) is 35.5 Å². The van der Waals surface area contributed by atoms with Crippen LogP contribution < -0.4 is 0 Å². The molecule has 0 fully saturated rings. The summed E-state index contributed by atoms with van der Waals surface area (Å²) in [6.45, 7) is 9.80. The van der Waals surface area contributed by atoms with Crippen LogP contribution in [0.25, 0.3) is 0 Å². The Balaban J connectivity index is 3.83. The molecule has 0 saturated heterocycles. The summed E-state index contributed by atoms with van der Waals surface area (Å²) in [5.41, 5.74) is 0. The number of hydrogen-bond donors (Lipinski definition) is 0. The lowest BCUT2D eigenvalue weighted by Crippen LogP contribution is -2.18. The summed E-state index contributed by atoms with van der Waals surface area (Å²) in [7, 11) is 0. The molecule has 1 unspecified atom stereocenters. The molecular weight excluding hydrogens is 168 g/mol. The van der Waals surface area contributed by atoms with Gasteiger partial charge in [-0.3, -0.25) is 0 Å². The summed E-state index contributed by atoms with van der Waals surface area (Å²) in [4.78, 5) is 10.9. The first kappa shape index (κ1) is 12.0. The molecule has 0 radical (unpaired) electrons. The van der Waals surface area contributed by atoms with Gasteiger partial charge in [-0.2, -0.15) is 0 Å². The molecule has 3 nitrogen and oxygen atoms in total. The zero-order chi connectivity index (χ0) is 10.3. The van der Waals surface area contributed by atoms with Crippen molar-refractivity contribution in [3.8, 4) is 0 Å². The first-order valence-corrected chi connectivity index (χ1v) is 4.56. The summed E-state index contributed by atoms with van der Waals surface area (Å²) in [5, 5.41) is 0. The second-order valence-corrected chi connectivity index (χ2v) is 3.20. The second-order valence-electron chi connectivity index (χ2n) is 3.20. The van der Waals surface area contributed by atoms with Crippen molar-refractivity contribution in [2.75, 3.05) is 6.61 Å². The van der Waals surface area contributed by atoms with Crippen LogP contribution >= 0.6 is 0 Å². The first-order chi connectivity index (χ1) is 6.10.